The van der Waals surface area contributed by atoms with Gasteiger partial charge in [0.25, 0.3) is 5.91 Å². The molecule has 144 valence electrons. The standard InChI is InChI=1S/C19H22N2O5S/c1-13-7-8-17-16(11-13)21(27(3,23)24)10-9-18(26-17)19(22)20-14-5-4-6-15(12-14)25-2/h4-8,11-12,18H,9-10H2,1-3H3,(H,20,22)/t18-/m0/s1. The normalized spacial score (nSPS) is 16.7. The summed E-state index contributed by atoms with van der Waals surface area (Å²) in [5.74, 6) is 0.651. The Labute approximate surface area is 158 Å². The molecule has 1 N–H and O–H groups in total. The molecule has 2 aromatic carbocycles. The molecule has 0 unspecified atom stereocenters. The van der Waals surface area contributed by atoms with Gasteiger partial charge in [0, 0.05) is 24.7 Å². The second-order valence-electron chi connectivity index (χ2n) is 6.42. The van der Waals surface area contributed by atoms with Crippen LogP contribution in [0.15, 0.2) is 42.5 Å². The first-order valence-corrected chi connectivity index (χ1v) is 10.3. The zero-order valence-electron chi connectivity index (χ0n) is 15.4. The minimum absolute atomic E-state index is 0.158. The van der Waals surface area contributed by atoms with Crippen LogP contribution in [0.3, 0.4) is 0 Å². The number of sulfonamides is 1. The van der Waals surface area contributed by atoms with Gasteiger partial charge in [-0.1, -0.05) is 12.1 Å². The van der Waals surface area contributed by atoms with Crippen LogP contribution in [0.1, 0.15) is 12.0 Å². The molecule has 0 saturated carbocycles. The van der Waals surface area contributed by atoms with Gasteiger partial charge in [0.15, 0.2) is 6.10 Å². The summed E-state index contributed by atoms with van der Waals surface area (Å²) in [5, 5.41) is 2.80. The van der Waals surface area contributed by atoms with Gasteiger partial charge in [-0.25, -0.2) is 8.42 Å². The lowest BCUT2D eigenvalue weighted by Crippen LogP contribution is -2.35. The Hall–Kier alpha value is -2.74. The van der Waals surface area contributed by atoms with E-state index >= 15 is 0 Å². The van der Waals surface area contributed by atoms with Crippen LogP contribution in [0.2, 0.25) is 0 Å². The molecule has 1 atom stereocenters. The van der Waals surface area contributed by atoms with Gasteiger partial charge in [0.05, 0.1) is 19.1 Å². The minimum Gasteiger partial charge on any atom is -0.497 e. The van der Waals surface area contributed by atoms with E-state index in [0.29, 0.717) is 22.9 Å². The third kappa shape index (κ3) is 4.33. The van der Waals surface area contributed by atoms with Crippen molar-refractivity contribution in [2.75, 3.05) is 29.5 Å². The largest absolute Gasteiger partial charge is 0.497 e. The van der Waals surface area contributed by atoms with Crippen molar-refractivity contribution < 1.29 is 22.7 Å². The van der Waals surface area contributed by atoms with Crippen molar-refractivity contribution in [3.63, 3.8) is 0 Å². The molecule has 1 aliphatic heterocycles. The lowest BCUT2D eigenvalue weighted by atomic mass is 10.2. The molecule has 0 bridgehead atoms. The number of fused-ring (bicyclic) bond motifs is 1. The molecule has 3 rings (SSSR count). The van der Waals surface area contributed by atoms with Crippen molar-refractivity contribution >= 4 is 27.3 Å². The van der Waals surface area contributed by atoms with Crippen LogP contribution < -0.4 is 19.1 Å². The SMILES string of the molecule is COc1cccc(NC(=O)[C@@H]2CCN(S(C)(=O)=O)c3cc(C)ccc3O2)c1. The summed E-state index contributed by atoms with van der Waals surface area (Å²) in [5.41, 5.74) is 1.94. The third-order valence-corrected chi connectivity index (χ3v) is 5.46. The average Bonchev–Trinajstić information content (AvgIpc) is 2.81. The van der Waals surface area contributed by atoms with Crippen molar-refractivity contribution in [1.29, 1.82) is 0 Å². The summed E-state index contributed by atoms with van der Waals surface area (Å²) >= 11 is 0. The second-order valence-corrected chi connectivity index (χ2v) is 8.33. The zero-order chi connectivity index (χ0) is 19.6. The molecule has 1 aliphatic rings. The summed E-state index contributed by atoms with van der Waals surface area (Å²) in [7, 11) is -1.94. The van der Waals surface area contributed by atoms with Crippen LogP contribution >= 0.6 is 0 Å². The van der Waals surface area contributed by atoms with Crippen molar-refractivity contribution in [3.8, 4) is 11.5 Å². The Bertz CT molecular complexity index is 958. The summed E-state index contributed by atoms with van der Waals surface area (Å²) in [6.07, 6.45) is 0.566. The van der Waals surface area contributed by atoms with E-state index in [-0.39, 0.29) is 18.9 Å². The molecular formula is C19H22N2O5S. The summed E-state index contributed by atoms with van der Waals surface area (Å²) < 4.78 is 36.7. The Balaban J connectivity index is 1.86. The van der Waals surface area contributed by atoms with Crippen molar-refractivity contribution in [2.24, 2.45) is 0 Å². The van der Waals surface area contributed by atoms with Crippen molar-refractivity contribution in [1.82, 2.24) is 0 Å². The molecule has 2 aromatic rings. The highest BCUT2D eigenvalue weighted by Gasteiger charge is 2.31. The number of rotatable bonds is 4. The highest BCUT2D eigenvalue weighted by atomic mass is 32.2. The maximum absolute atomic E-state index is 12.7. The number of hydrogen-bond acceptors (Lipinski definition) is 5. The van der Waals surface area contributed by atoms with Gasteiger partial charge >= 0.3 is 0 Å². The van der Waals surface area contributed by atoms with E-state index in [1.54, 1.807) is 43.5 Å². The number of benzene rings is 2. The maximum Gasteiger partial charge on any atom is 0.265 e. The van der Waals surface area contributed by atoms with Crippen LogP contribution in [-0.4, -0.2) is 40.3 Å². The summed E-state index contributed by atoms with van der Waals surface area (Å²) in [6.45, 7) is 2.03. The quantitative estimate of drug-likeness (QED) is 0.867. The van der Waals surface area contributed by atoms with Crippen LogP contribution in [0.25, 0.3) is 0 Å². The number of ether oxygens (including phenoxy) is 2. The first-order valence-electron chi connectivity index (χ1n) is 8.48. The van der Waals surface area contributed by atoms with Gasteiger partial charge in [-0.3, -0.25) is 9.10 Å². The first-order chi connectivity index (χ1) is 12.8. The lowest BCUT2D eigenvalue weighted by molar-refractivity contribution is -0.122. The predicted molar refractivity (Wildman–Crippen MR) is 104 cm³/mol. The van der Waals surface area contributed by atoms with Crippen LogP contribution in [-0.2, 0) is 14.8 Å². The van der Waals surface area contributed by atoms with Gasteiger partial charge in [-0.05, 0) is 36.8 Å². The minimum atomic E-state index is -3.49. The monoisotopic (exact) mass is 390 g/mol. The van der Waals surface area contributed by atoms with E-state index in [4.69, 9.17) is 9.47 Å². The Kier molecular flexibility index (Phi) is 5.27. The maximum atomic E-state index is 12.7. The molecule has 1 amide bonds. The summed E-state index contributed by atoms with van der Waals surface area (Å²) in [4.78, 5) is 12.7. The van der Waals surface area contributed by atoms with E-state index < -0.39 is 16.1 Å². The number of amides is 1. The number of carbonyl (C=O) groups is 1. The molecule has 1 heterocycles. The fourth-order valence-corrected chi connectivity index (χ4v) is 3.88. The van der Waals surface area contributed by atoms with Gasteiger partial charge in [-0.2, -0.15) is 0 Å². The number of methoxy groups -OCH3 is 1. The molecule has 0 aliphatic carbocycles. The molecule has 0 aromatic heterocycles. The molecule has 27 heavy (non-hydrogen) atoms. The fourth-order valence-electron chi connectivity index (χ4n) is 2.94. The predicted octanol–water partition coefficient (Wildman–Crippen LogP) is 2.56. The second kappa shape index (κ2) is 7.48. The van der Waals surface area contributed by atoms with Gasteiger partial charge in [0.1, 0.15) is 11.5 Å². The fraction of sp³-hybridized carbons (Fsp3) is 0.316. The molecule has 0 fully saturated rings. The van der Waals surface area contributed by atoms with E-state index in [1.165, 1.54) is 4.31 Å². The van der Waals surface area contributed by atoms with E-state index in [2.05, 4.69) is 5.32 Å². The highest BCUT2D eigenvalue weighted by Crippen LogP contribution is 2.35. The number of hydrogen-bond donors (Lipinski definition) is 1. The molecular weight excluding hydrogens is 368 g/mol. The molecule has 8 heteroatoms. The number of nitrogens with zero attached hydrogens (tertiary/aromatic N) is 1. The lowest BCUT2D eigenvalue weighted by Gasteiger charge is -2.21. The van der Waals surface area contributed by atoms with E-state index in [9.17, 15) is 13.2 Å². The highest BCUT2D eigenvalue weighted by molar-refractivity contribution is 7.92. The van der Waals surface area contributed by atoms with E-state index in [1.807, 2.05) is 13.0 Å². The molecule has 0 radical (unpaired) electrons. The van der Waals surface area contributed by atoms with Gasteiger partial charge < -0.3 is 14.8 Å². The number of anilines is 2. The Morgan fingerprint density at radius 2 is 2.04 bits per heavy atom. The van der Waals surface area contributed by atoms with Crippen molar-refractivity contribution in [2.45, 2.75) is 19.4 Å². The third-order valence-electron chi connectivity index (χ3n) is 4.28. The topological polar surface area (TPSA) is 84.9 Å². The average molecular weight is 390 g/mol. The van der Waals surface area contributed by atoms with Crippen LogP contribution in [0, 0.1) is 6.92 Å². The number of aryl methyl sites for hydroxylation is 1. The summed E-state index contributed by atoms with van der Waals surface area (Å²) in [6, 6.07) is 12.3. The number of carbonyl (C=O) groups excluding carboxylic acids is 1. The molecule has 0 saturated heterocycles. The zero-order valence-corrected chi connectivity index (χ0v) is 16.2. The van der Waals surface area contributed by atoms with E-state index in [0.717, 1.165) is 11.8 Å². The Morgan fingerprint density at radius 1 is 1.26 bits per heavy atom. The molecule has 7 nitrogen and oxygen atoms in total. The van der Waals surface area contributed by atoms with Gasteiger partial charge in [-0.15, -0.1) is 0 Å². The van der Waals surface area contributed by atoms with Crippen LogP contribution in [0.5, 0.6) is 11.5 Å². The number of nitrogens with one attached hydrogen (secondary N) is 1. The van der Waals surface area contributed by atoms with Crippen molar-refractivity contribution in [3.05, 3.63) is 48.0 Å². The Morgan fingerprint density at radius 3 is 2.74 bits per heavy atom. The molecule has 0 spiro atoms. The first kappa shape index (κ1) is 19.0. The van der Waals surface area contributed by atoms with Gasteiger partial charge in [0.2, 0.25) is 10.0 Å². The smallest absolute Gasteiger partial charge is 0.265 e. The van der Waals surface area contributed by atoms with Crippen LogP contribution in [0.4, 0.5) is 11.4 Å².